The molecule has 1 fully saturated rings. The lowest BCUT2D eigenvalue weighted by atomic mass is 10.1. The molecule has 1 heterocycles. The highest BCUT2D eigenvalue weighted by atomic mass is 32.2. The summed E-state index contributed by atoms with van der Waals surface area (Å²) >= 11 is 1.97. The van der Waals surface area contributed by atoms with Gasteiger partial charge < -0.3 is 4.74 Å². The molecule has 2 unspecified atom stereocenters. The molecule has 2 rings (SSSR count). The first-order valence-corrected chi connectivity index (χ1v) is 10.5. The van der Waals surface area contributed by atoms with Crippen LogP contribution in [0.4, 0.5) is 0 Å². The van der Waals surface area contributed by atoms with Crippen LogP contribution in [0, 0.1) is 5.92 Å². The Morgan fingerprint density at radius 2 is 2.16 bits per heavy atom. The van der Waals surface area contributed by atoms with Gasteiger partial charge in [-0.1, -0.05) is 42.0 Å². The number of allylic oxidation sites excluding steroid dienone is 5. The summed E-state index contributed by atoms with van der Waals surface area (Å²) in [6.45, 7) is 5.97. The van der Waals surface area contributed by atoms with Gasteiger partial charge in [-0.2, -0.15) is 0 Å². The number of ether oxygens (including phenoxy) is 1. The van der Waals surface area contributed by atoms with Crippen LogP contribution in [-0.4, -0.2) is 30.1 Å². The molecule has 0 aromatic rings. The number of nitrogens with zero attached hydrogens (tertiary/aromatic N) is 1. The van der Waals surface area contributed by atoms with Crippen molar-refractivity contribution in [3.8, 4) is 0 Å². The summed E-state index contributed by atoms with van der Waals surface area (Å²) < 4.78 is 5.44. The molecule has 0 saturated heterocycles. The van der Waals surface area contributed by atoms with Gasteiger partial charge in [-0.3, -0.25) is 4.99 Å². The van der Waals surface area contributed by atoms with E-state index in [0.717, 1.165) is 43.8 Å². The quantitative estimate of drug-likeness (QED) is 0.238. The minimum Gasteiger partial charge on any atom is -0.381 e. The number of unbranched alkanes of at least 4 members (excludes halogenated alkanes) is 1. The molecule has 1 aliphatic heterocycles. The van der Waals surface area contributed by atoms with Gasteiger partial charge in [0.05, 0.1) is 17.2 Å². The molecule has 2 nitrogen and oxygen atoms in total. The molecule has 0 spiro atoms. The molecule has 138 valence electrons. The van der Waals surface area contributed by atoms with E-state index in [1.54, 1.807) is 7.11 Å². The zero-order valence-electron chi connectivity index (χ0n) is 15.8. The van der Waals surface area contributed by atoms with Gasteiger partial charge in [0.25, 0.3) is 0 Å². The van der Waals surface area contributed by atoms with Gasteiger partial charge in [-0.15, -0.1) is 18.3 Å². The number of thioether (sulfide) groups is 1. The summed E-state index contributed by atoms with van der Waals surface area (Å²) in [5.74, 6) is 1.96. The van der Waals surface area contributed by atoms with E-state index in [1.165, 1.54) is 23.5 Å². The molecule has 0 aromatic carbocycles. The van der Waals surface area contributed by atoms with Crippen molar-refractivity contribution in [2.75, 3.05) is 12.9 Å². The number of methoxy groups -OCH3 is 1. The Hall–Kier alpha value is -1.06. The summed E-state index contributed by atoms with van der Waals surface area (Å²) in [4.78, 5) is 4.81. The van der Waals surface area contributed by atoms with Gasteiger partial charge >= 0.3 is 0 Å². The molecule has 0 radical (unpaired) electrons. The fourth-order valence-corrected chi connectivity index (χ4v) is 4.03. The topological polar surface area (TPSA) is 21.6 Å². The third-order valence-corrected chi connectivity index (χ3v) is 5.86. The summed E-state index contributed by atoms with van der Waals surface area (Å²) in [5.41, 5.74) is 1.41. The Kier molecular flexibility index (Phi) is 9.35. The van der Waals surface area contributed by atoms with Crippen LogP contribution < -0.4 is 0 Å². The van der Waals surface area contributed by atoms with Crippen LogP contribution in [-0.2, 0) is 4.74 Å². The van der Waals surface area contributed by atoms with Gasteiger partial charge in [-0.05, 0) is 51.9 Å². The van der Waals surface area contributed by atoms with Crippen molar-refractivity contribution in [3.63, 3.8) is 0 Å². The molecule has 25 heavy (non-hydrogen) atoms. The van der Waals surface area contributed by atoms with Crippen LogP contribution in [0.1, 0.15) is 51.9 Å². The molecule has 1 saturated carbocycles. The third-order valence-electron chi connectivity index (χ3n) is 4.62. The van der Waals surface area contributed by atoms with Crippen molar-refractivity contribution in [1.29, 1.82) is 0 Å². The van der Waals surface area contributed by atoms with E-state index >= 15 is 0 Å². The molecule has 2 atom stereocenters. The van der Waals surface area contributed by atoms with Crippen LogP contribution in [0.5, 0.6) is 0 Å². The second-order valence-corrected chi connectivity index (χ2v) is 8.03. The Labute approximate surface area is 158 Å². The SMILES string of the molecule is C=CCC(CC/C(C)=C/C=C/CC/C=C\C1CSC(C2CC2)=N1)OC. The maximum absolute atomic E-state index is 5.44. The minimum atomic E-state index is 0.298. The minimum absolute atomic E-state index is 0.298. The van der Waals surface area contributed by atoms with E-state index in [4.69, 9.17) is 9.73 Å². The number of rotatable bonds is 12. The first-order chi connectivity index (χ1) is 12.2. The number of hydrogen-bond acceptors (Lipinski definition) is 3. The molecule has 1 aliphatic carbocycles. The van der Waals surface area contributed by atoms with E-state index in [-0.39, 0.29) is 0 Å². The second-order valence-electron chi connectivity index (χ2n) is 6.99. The molecule has 0 bridgehead atoms. The lowest BCUT2D eigenvalue weighted by Crippen LogP contribution is -2.08. The first kappa shape index (κ1) is 20.3. The Bertz CT molecular complexity index is 528. The average molecular weight is 360 g/mol. The number of hydrogen-bond donors (Lipinski definition) is 0. The summed E-state index contributed by atoms with van der Waals surface area (Å²) in [5, 5.41) is 1.42. The van der Waals surface area contributed by atoms with Crippen molar-refractivity contribution in [2.24, 2.45) is 10.9 Å². The van der Waals surface area contributed by atoms with Crippen LogP contribution in [0.15, 0.2) is 53.6 Å². The van der Waals surface area contributed by atoms with E-state index in [0.29, 0.717) is 12.1 Å². The number of aliphatic imine (C=N–C) groups is 1. The molecular weight excluding hydrogens is 326 g/mol. The van der Waals surface area contributed by atoms with Crippen molar-refractivity contribution >= 4 is 16.8 Å². The summed E-state index contributed by atoms with van der Waals surface area (Å²) in [7, 11) is 1.78. The zero-order chi connectivity index (χ0) is 17.9. The summed E-state index contributed by atoms with van der Waals surface area (Å²) in [6, 6.07) is 0.427. The lowest BCUT2D eigenvalue weighted by Gasteiger charge is -2.12. The van der Waals surface area contributed by atoms with Gasteiger partial charge in [-0.25, -0.2) is 0 Å². The fraction of sp³-hybridized carbons (Fsp3) is 0.591. The standard InChI is InChI=1S/C22H33NOS/c1-4-10-21(24-3)16-13-18(2)11-8-6-5-7-9-12-20-17-25-22(23-20)19-14-15-19/h4,6,8-9,11-12,19-21H,1,5,7,10,13-17H2,2-3H3/b8-6+,12-9-,18-11+. The molecule has 0 amide bonds. The van der Waals surface area contributed by atoms with E-state index in [2.05, 4.69) is 43.9 Å². The maximum atomic E-state index is 5.44. The smallest absolute Gasteiger partial charge is 0.0783 e. The first-order valence-electron chi connectivity index (χ1n) is 9.56. The molecule has 2 aliphatic rings. The normalized spacial score (nSPS) is 22.7. The Balaban J connectivity index is 1.57. The average Bonchev–Trinajstić information content (AvgIpc) is 3.36. The molecular formula is C22H33NOS. The molecule has 0 aromatic heterocycles. The van der Waals surface area contributed by atoms with Crippen LogP contribution in [0.25, 0.3) is 0 Å². The van der Waals surface area contributed by atoms with Crippen LogP contribution >= 0.6 is 11.8 Å². The van der Waals surface area contributed by atoms with Crippen molar-refractivity contribution in [2.45, 2.75) is 64.0 Å². The maximum Gasteiger partial charge on any atom is 0.0783 e. The highest BCUT2D eigenvalue weighted by molar-refractivity contribution is 8.14. The zero-order valence-corrected chi connectivity index (χ0v) is 16.6. The van der Waals surface area contributed by atoms with Crippen LogP contribution in [0.2, 0.25) is 0 Å². The Morgan fingerprint density at radius 1 is 1.36 bits per heavy atom. The summed E-state index contributed by atoms with van der Waals surface area (Å²) in [6.07, 6.45) is 21.5. The van der Waals surface area contributed by atoms with E-state index < -0.39 is 0 Å². The largest absolute Gasteiger partial charge is 0.381 e. The second kappa shape index (κ2) is 11.5. The lowest BCUT2D eigenvalue weighted by molar-refractivity contribution is 0.0981. The van der Waals surface area contributed by atoms with Gasteiger partial charge in [0, 0.05) is 18.8 Å². The monoisotopic (exact) mass is 359 g/mol. The molecule has 0 N–H and O–H groups in total. The predicted molar refractivity (Wildman–Crippen MR) is 113 cm³/mol. The van der Waals surface area contributed by atoms with Crippen molar-refractivity contribution in [3.05, 3.63) is 48.6 Å². The van der Waals surface area contributed by atoms with Gasteiger partial charge in [0.2, 0.25) is 0 Å². The predicted octanol–water partition coefficient (Wildman–Crippen LogP) is 6.12. The highest BCUT2D eigenvalue weighted by Gasteiger charge is 2.31. The van der Waals surface area contributed by atoms with E-state index in [1.807, 2.05) is 17.8 Å². The van der Waals surface area contributed by atoms with E-state index in [9.17, 15) is 0 Å². The third kappa shape index (κ3) is 8.24. The fourth-order valence-electron chi connectivity index (χ4n) is 2.82. The highest BCUT2D eigenvalue weighted by Crippen LogP contribution is 2.38. The van der Waals surface area contributed by atoms with Gasteiger partial charge in [0.15, 0.2) is 0 Å². The van der Waals surface area contributed by atoms with Crippen molar-refractivity contribution < 1.29 is 4.74 Å². The Morgan fingerprint density at radius 3 is 2.88 bits per heavy atom. The van der Waals surface area contributed by atoms with Gasteiger partial charge in [0.1, 0.15) is 0 Å². The van der Waals surface area contributed by atoms with Crippen LogP contribution in [0.3, 0.4) is 0 Å². The molecule has 3 heteroatoms. The van der Waals surface area contributed by atoms with Crippen molar-refractivity contribution in [1.82, 2.24) is 0 Å².